The Morgan fingerprint density at radius 1 is 1.19 bits per heavy atom. The van der Waals surface area contributed by atoms with Crippen molar-refractivity contribution >= 4 is 29.0 Å². The molecule has 0 unspecified atom stereocenters. The first-order valence-corrected chi connectivity index (χ1v) is 9.04. The number of carbonyl (C=O) groups is 1. The third-order valence-corrected chi connectivity index (χ3v) is 4.86. The summed E-state index contributed by atoms with van der Waals surface area (Å²) in [6.07, 6.45) is 3.04. The van der Waals surface area contributed by atoms with Crippen molar-refractivity contribution in [2.75, 3.05) is 17.2 Å². The topological polar surface area (TPSA) is 54.0 Å². The Morgan fingerprint density at radius 3 is 2.89 bits per heavy atom. The van der Waals surface area contributed by atoms with Crippen LogP contribution in [0.5, 0.6) is 0 Å². The van der Waals surface area contributed by atoms with Crippen molar-refractivity contribution in [1.29, 1.82) is 0 Å². The van der Waals surface area contributed by atoms with Crippen LogP contribution in [0.25, 0.3) is 0 Å². The van der Waals surface area contributed by atoms with E-state index < -0.39 is 5.82 Å². The molecule has 0 bridgehead atoms. The van der Waals surface area contributed by atoms with E-state index in [9.17, 15) is 9.18 Å². The number of nitrogens with one attached hydrogen (secondary N) is 2. The van der Waals surface area contributed by atoms with Crippen LogP contribution in [0, 0.1) is 5.82 Å². The van der Waals surface area contributed by atoms with E-state index >= 15 is 0 Å². The molecule has 3 aromatic rings. The van der Waals surface area contributed by atoms with Crippen LogP contribution in [-0.4, -0.2) is 17.4 Å². The van der Waals surface area contributed by atoms with E-state index in [2.05, 4.69) is 15.6 Å². The highest BCUT2D eigenvalue weighted by molar-refractivity contribution is 6.30. The zero-order chi connectivity index (χ0) is 18.8. The molecule has 0 atom stereocenters. The van der Waals surface area contributed by atoms with E-state index in [0.717, 1.165) is 35.3 Å². The molecule has 1 aliphatic heterocycles. The van der Waals surface area contributed by atoms with Crippen LogP contribution in [-0.2, 0) is 12.8 Å². The van der Waals surface area contributed by atoms with Crippen molar-refractivity contribution in [2.24, 2.45) is 0 Å². The van der Waals surface area contributed by atoms with Crippen LogP contribution in [0.3, 0.4) is 0 Å². The summed E-state index contributed by atoms with van der Waals surface area (Å²) < 4.78 is 13.3. The third kappa shape index (κ3) is 3.78. The number of anilines is 2. The van der Waals surface area contributed by atoms with Gasteiger partial charge in [0.1, 0.15) is 11.6 Å². The van der Waals surface area contributed by atoms with Gasteiger partial charge in [-0.1, -0.05) is 23.7 Å². The summed E-state index contributed by atoms with van der Waals surface area (Å²) in [5, 5.41) is 6.24. The number of aromatic nitrogens is 1. The van der Waals surface area contributed by atoms with Crippen LogP contribution in [0.15, 0.2) is 54.7 Å². The van der Waals surface area contributed by atoms with Gasteiger partial charge >= 0.3 is 0 Å². The number of nitrogens with zero attached hydrogens (tertiary/aromatic N) is 1. The molecule has 4 nitrogen and oxygen atoms in total. The third-order valence-electron chi connectivity index (χ3n) is 4.57. The second-order valence-corrected chi connectivity index (χ2v) is 6.84. The van der Waals surface area contributed by atoms with Crippen molar-refractivity contribution in [1.82, 2.24) is 4.98 Å². The molecule has 2 N–H and O–H groups in total. The first kappa shape index (κ1) is 17.5. The average molecular weight is 382 g/mol. The lowest BCUT2D eigenvalue weighted by molar-refractivity contribution is 0.102. The molecule has 0 spiro atoms. The van der Waals surface area contributed by atoms with Gasteiger partial charge in [-0.25, -0.2) is 9.37 Å². The molecule has 2 aromatic carbocycles. The van der Waals surface area contributed by atoms with Crippen LogP contribution in [0.4, 0.5) is 15.9 Å². The predicted molar refractivity (Wildman–Crippen MR) is 105 cm³/mol. The molecule has 1 aliphatic rings. The molecular weight excluding hydrogens is 365 g/mol. The standard InChI is InChI=1S/C21H17ClFN3O/c22-17-11-13(4-5-18(17)23)10-14-6-8-25-20(12-14)26-21(27)16-2-1-3-19-15(16)7-9-24-19/h1-6,8,11-12,24H,7,9-10H2,(H,25,26,27). The quantitative estimate of drug-likeness (QED) is 0.689. The lowest BCUT2D eigenvalue weighted by Crippen LogP contribution is -2.15. The Hall–Kier alpha value is -2.92. The molecule has 0 radical (unpaired) electrons. The molecule has 0 saturated carbocycles. The second kappa shape index (κ2) is 7.37. The van der Waals surface area contributed by atoms with Gasteiger partial charge in [-0.2, -0.15) is 0 Å². The molecule has 1 aromatic heterocycles. The van der Waals surface area contributed by atoms with Crippen molar-refractivity contribution in [3.63, 3.8) is 0 Å². The number of hydrogen-bond acceptors (Lipinski definition) is 3. The molecule has 27 heavy (non-hydrogen) atoms. The highest BCUT2D eigenvalue weighted by atomic mass is 35.5. The molecule has 2 heterocycles. The van der Waals surface area contributed by atoms with Gasteiger partial charge in [0.05, 0.1) is 5.02 Å². The fourth-order valence-electron chi connectivity index (χ4n) is 3.28. The summed E-state index contributed by atoms with van der Waals surface area (Å²) >= 11 is 5.84. The lowest BCUT2D eigenvalue weighted by atomic mass is 10.0. The maximum atomic E-state index is 13.3. The summed E-state index contributed by atoms with van der Waals surface area (Å²) in [6.45, 7) is 0.841. The van der Waals surface area contributed by atoms with Gasteiger partial charge in [-0.15, -0.1) is 0 Å². The Bertz CT molecular complexity index is 1020. The summed E-state index contributed by atoms with van der Waals surface area (Å²) in [5.74, 6) is -0.132. The highest BCUT2D eigenvalue weighted by Gasteiger charge is 2.18. The van der Waals surface area contributed by atoms with Crippen LogP contribution >= 0.6 is 11.6 Å². The van der Waals surface area contributed by atoms with Crippen molar-refractivity contribution in [3.8, 4) is 0 Å². The van der Waals surface area contributed by atoms with Gasteiger partial charge in [-0.05, 0) is 65.9 Å². The average Bonchev–Trinajstić information content (AvgIpc) is 3.14. The molecule has 1 amide bonds. The van der Waals surface area contributed by atoms with Gasteiger partial charge in [0.25, 0.3) is 5.91 Å². The highest BCUT2D eigenvalue weighted by Crippen LogP contribution is 2.26. The molecule has 0 saturated heterocycles. The molecular formula is C21H17ClFN3O. The largest absolute Gasteiger partial charge is 0.384 e. The normalized spacial score (nSPS) is 12.4. The minimum Gasteiger partial charge on any atom is -0.384 e. The monoisotopic (exact) mass is 381 g/mol. The number of hydrogen-bond donors (Lipinski definition) is 2. The summed E-state index contributed by atoms with van der Waals surface area (Å²) in [7, 11) is 0. The molecule has 0 fully saturated rings. The van der Waals surface area contributed by atoms with E-state index in [0.29, 0.717) is 17.8 Å². The van der Waals surface area contributed by atoms with Crippen LogP contribution < -0.4 is 10.6 Å². The fraction of sp³-hybridized carbons (Fsp3) is 0.143. The second-order valence-electron chi connectivity index (χ2n) is 6.44. The lowest BCUT2D eigenvalue weighted by Gasteiger charge is -2.10. The Morgan fingerprint density at radius 2 is 2.04 bits per heavy atom. The maximum absolute atomic E-state index is 13.3. The number of halogens is 2. The first-order chi connectivity index (χ1) is 13.1. The summed E-state index contributed by atoms with van der Waals surface area (Å²) in [5.41, 5.74) is 4.54. The van der Waals surface area contributed by atoms with E-state index in [1.807, 2.05) is 30.3 Å². The number of amides is 1. The van der Waals surface area contributed by atoms with Crippen molar-refractivity contribution < 1.29 is 9.18 Å². The molecule has 4 rings (SSSR count). The van der Waals surface area contributed by atoms with Gasteiger partial charge < -0.3 is 10.6 Å². The van der Waals surface area contributed by atoms with Crippen LogP contribution in [0.2, 0.25) is 5.02 Å². The van der Waals surface area contributed by atoms with Crippen LogP contribution in [0.1, 0.15) is 27.0 Å². The number of fused-ring (bicyclic) bond motifs is 1. The number of rotatable bonds is 4. The van der Waals surface area contributed by atoms with Gasteiger partial charge in [0.2, 0.25) is 0 Å². The summed E-state index contributed by atoms with van der Waals surface area (Å²) in [4.78, 5) is 16.9. The number of carbonyl (C=O) groups excluding carboxylic acids is 1. The predicted octanol–water partition coefficient (Wildman–Crippen LogP) is 4.69. The molecule has 136 valence electrons. The zero-order valence-electron chi connectivity index (χ0n) is 14.4. The Kier molecular flexibility index (Phi) is 4.77. The fourth-order valence-corrected chi connectivity index (χ4v) is 3.48. The van der Waals surface area contributed by atoms with E-state index in [1.54, 1.807) is 18.3 Å². The molecule has 0 aliphatic carbocycles. The summed E-state index contributed by atoms with van der Waals surface area (Å²) in [6, 6.07) is 14.0. The Labute approximate surface area is 161 Å². The van der Waals surface area contributed by atoms with E-state index in [4.69, 9.17) is 11.6 Å². The van der Waals surface area contributed by atoms with Crippen molar-refractivity contribution in [2.45, 2.75) is 12.8 Å². The Balaban J connectivity index is 1.52. The van der Waals surface area contributed by atoms with E-state index in [1.165, 1.54) is 6.07 Å². The van der Waals surface area contributed by atoms with E-state index in [-0.39, 0.29) is 10.9 Å². The maximum Gasteiger partial charge on any atom is 0.257 e. The smallest absolute Gasteiger partial charge is 0.257 e. The SMILES string of the molecule is O=C(Nc1cc(Cc2ccc(F)c(Cl)c2)ccn1)c1cccc2c1CCN2. The first-order valence-electron chi connectivity index (χ1n) is 8.66. The van der Waals surface area contributed by atoms with Gasteiger partial charge in [0.15, 0.2) is 0 Å². The molecule has 6 heteroatoms. The number of benzene rings is 2. The zero-order valence-corrected chi connectivity index (χ0v) is 15.2. The van der Waals surface area contributed by atoms with Gasteiger partial charge in [-0.3, -0.25) is 4.79 Å². The number of pyridine rings is 1. The van der Waals surface area contributed by atoms with Crippen molar-refractivity contribution in [3.05, 3.63) is 87.8 Å². The minimum absolute atomic E-state index is 0.0987. The minimum atomic E-state index is -0.437. The van der Waals surface area contributed by atoms with Gasteiger partial charge in [0, 0.05) is 24.0 Å².